The standard InChI is InChI=1S/C11H16O3/c1-8(12)11(14-3)9-4-6-10(13-2)7-5-9/h4-8,11-12H,1-3H3/t8-,11-/m0/s1. The van der Waals surface area contributed by atoms with E-state index in [0.717, 1.165) is 11.3 Å². The van der Waals surface area contributed by atoms with Crippen molar-refractivity contribution in [3.63, 3.8) is 0 Å². The number of ether oxygens (including phenoxy) is 2. The van der Waals surface area contributed by atoms with Crippen LogP contribution in [0.1, 0.15) is 18.6 Å². The summed E-state index contributed by atoms with van der Waals surface area (Å²) in [6.07, 6.45) is -0.797. The molecule has 0 aliphatic rings. The molecule has 1 rings (SSSR count). The zero-order valence-electron chi connectivity index (χ0n) is 8.73. The van der Waals surface area contributed by atoms with E-state index in [0.29, 0.717) is 0 Å². The van der Waals surface area contributed by atoms with E-state index in [2.05, 4.69) is 0 Å². The average Bonchev–Trinajstić information content (AvgIpc) is 2.19. The van der Waals surface area contributed by atoms with Gasteiger partial charge in [-0.25, -0.2) is 0 Å². The minimum Gasteiger partial charge on any atom is -0.497 e. The molecule has 1 aromatic carbocycles. The molecule has 2 atom stereocenters. The Morgan fingerprint density at radius 1 is 1.14 bits per heavy atom. The summed E-state index contributed by atoms with van der Waals surface area (Å²) < 4.78 is 10.2. The second-order valence-corrected chi connectivity index (χ2v) is 3.17. The van der Waals surface area contributed by atoms with E-state index in [9.17, 15) is 5.11 Å². The van der Waals surface area contributed by atoms with Gasteiger partial charge in [0.15, 0.2) is 0 Å². The van der Waals surface area contributed by atoms with Gasteiger partial charge in [0, 0.05) is 7.11 Å². The summed E-state index contributed by atoms with van der Waals surface area (Å²) in [4.78, 5) is 0. The first kappa shape index (κ1) is 11.0. The summed E-state index contributed by atoms with van der Waals surface area (Å²) >= 11 is 0. The fourth-order valence-corrected chi connectivity index (χ4v) is 1.41. The summed E-state index contributed by atoms with van der Waals surface area (Å²) in [5.41, 5.74) is 0.948. The van der Waals surface area contributed by atoms with Crippen molar-refractivity contribution in [2.24, 2.45) is 0 Å². The average molecular weight is 196 g/mol. The van der Waals surface area contributed by atoms with Crippen LogP contribution in [0.4, 0.5) is 0 Å². The third kappa shape index (κ3) is 2.47. The highest BCUT2D eigenvalue weighted by molar-refractivity contribution is 5.28. The van der Waals surface area contributed by atoms with Crippen molar-refractivity contribution in [1.82, 2.24) is 0 Å². The van der Waals surface area contributed by atoms with Crippen LogP contribution in [0.5, 0.6) is 5.75 Å². The van der Waals surface area contributed by atoms with Crippen LogP contribution >= 0.6 is 0 Å². The van der Waals surface area contributed by atoms with Crippen LogP contribution in [0.2, 0.25) is 0 Å². The van der Waals surface area contributed by atoms with Crippen LogP contribution < -0.4 is 4.74 Å². The Morgan fingerprint density at radius 2 is 1.71 bits per heavy atom. The van der Waals surface area contributed by atoms with Crippen LogP contribution in [0.15, 0.2) is 24.3 Å². The number of aliphatic hydroxyl groups is 1. The van der Waals surface area contributed by atoms with E-state index in [1.807, 2.05) is 24.3 Å². The Hall–Kier alpha value is -1.06. The van der Waals surface area contributed by atoms with Crippen LogP contribution in [0, 0.1) is 0 Å². The topological polar surface area (TPSA) is 38.7 Å². The zero-order valence-corrected chi connectivity index (χ0v) is 8.73. The van der Waals surface area contributed by atoms with E-state index in [1.54, 1.807) is 21.1 Å². The molecule has 14 heavy (non-hydrogen) atoms. The van der Waals surface area contributed by atoms with Crippen molar-refractivity contribution in [3.05, 3.63) is 29.8 Å². The molecule has 0 heterocycles. The Morgan fingerprint density at radius 3 is 2.07 bits per heavy atom. The summed E-state index contributed by atoms with van der Waals surface area (Å²) in [6, 6.07) is 7.48. The van der Waals surface area contributed by atoms with Gasteiger partial charge in [-0.15, -0.1) is 0 Å². The van der Waals surface area contributed by atoms with E-state index >= 15 is 0 Å². The highest BCUT2D eigenvalue weighted by Gasteiger charge is 2.15. The number of hydrogen-bond acceptors (Lipinski definition) is 3. The minimum absolute atomic E-state index is 0.277. The lowest BCUT2D eigenvalue weighted by molar-refractivity contribution is -0.00350. The van der Waals surface area contributed by atoms with Crippen molar-refractivity contribution in [2.45, 2.75) is 19.1 Å². The molecule has 1 N–H and O–H groups in total. The van der Waals surface area contributed by atoms with Crippen LogP contribution in [-0.2, 0) is 4.74 Å². The van der Waals surface area contributed by atoms with Gasteiger partial charge in [0.25, 0.3) is 0 Å². The monoisotopic (exact) mass is 196 g/mol. The van der Waals surface area contributed by atoms with E-state index in [-0.39, 0.29) is 6.10 Å². The van der Waals surface area contributed by atoms with E-state index < -0.39 is 6.10 Å². The maximum Gasteiger partial charge on any atom is 0.118 e. The fourth-order valence-electron chi connectivity index (χ4n) is 1.41. The summed E-state index contributed by atoms with van der Waals surface area (Å²) in [5, 5.41) is 9.44. The SMILES string of the molecule is COc1ccc([C@@H](OC)[C@H](C)O)cc1. The molecule has 3 heteroatoms. The number of benzene rings is 1. The van der Waals surface area contributed by atoms with Crippen molar-refractivity contribution < 1.29 is 14.6 Å². The lowest BCUT2D eigenvalue weighted by Gasteiger charge is -2.18. The largest absolute Gasteiger partial charge is 0.497 e. The van der Waals surface area contributed by atoms with Gasteiger partial charge in [0.05, 0.1) is 13.2 Å². The highest BCUT2D eigenvalue weighted by Crippen LogP contribution is 2.22. The molecule has 0 saturated carbocycles. The third-order valence-corrected chi connectivity index (χ3v) is 2.14. The molecule has 0 unspecified atom stereocenters. The second kappa shape index (κ2) is 4.98. The molecule has 0 fully saturated rings. The molecule has 0 aliphatic carbocycles. The Bertz CT molecular complexity index is 266. The first-order chi connectivity index (χ1) is 6.69. The molecular weight excluding hydrogens is 180 g/mol. The smallest absolute Gasteiger partial charge is 0.118 e. The molecular formula is C11H16O3. The quantitative estimate of drug-likeness (QED) is 0.797. The van der Waals surface area contributed by atoms with Crippen LogP contribution in [0.25, 0.3) is 0 Å². The normalized spacial score (nSPS) is 14.9. The maximum atomic E-state index is 9.44. The number of methoxy groups -OCH3 is 2. The lowest BCUT2D eigenvalue weighted by Crippen LogP contribution is -2.16. The maximum absolute atomic E-state index is 9.44. The summed E-state index contributed by atoms with van der Waals surface area (Å²) in [7, 11) is 3.21. The minimum atomic E-state index is -0.520. The predicted octanol–water partition coefficient (Wildman–Crippen LogP) is 1.76. The van der Waals surface area contributed by atoms with Gasteiger partial charge in [-0.05, 0) is 24.6 Å². The van der Waals surface area contributed by atoms with E-state index in [4.69, 9.17) is 9.47 Å². The fraction of sp³-hybridized carbons (Fsp3) is 0.455. The van der Waals surface area contributed by atoms with Gasteiger partial charge in [0.2, 0.25) is 0 Å². The second-order valence-electron chi connectivity index (χ2n) is 3.17. The van der Waals surface area contributed by atoms with Gasteiger partial charge in [-0.3, -0.25) is 0 Å². The van der Waals surface area contributed by atoms with Gasteiger partial charge >= 0.3 is 0 Å². The van der Waals surface area contributed by atoms with Crippen molar-refractivity contribution >= 4 is 0 Å². The Kier molecular flexibility index (Phi) is 3.92. The van der Waals surface area contributed by atoms with Gasteiger partial charge < -0.3 is 14.6 Å². The molecule has 0 aromatic heterocycles. The molecule has 3 nitrogen and oxygen atoms in total. The predicted molar refractivity (Wildman–Crippen MR) is 54.4 cm³/mol. The number of hydrogen-bond donors (Lipinski definition) is 1. The lowest BCUT2D eigenvalue weighted by atomic mass is 10.1. The Balaban J connectivity index is 2.84. The first-order valence-electron chi connectivity index (χ1n) is 4.54. The molecule has 0 bridgehead atoms. The Labute approximate surface area is 84.3 Å². The summed E-state index contributed by atoms with van der Waals surface area (Å²) in [6.45, 7) is 1.71. The van der Waals surface area contributed by atoms with Gasteiger partial charge in [-0.1, -0.05) is 12.1 Å². The van der Waals surface area contributed by atoms with Crippen molar-refractivity contribution in [2.75, 3.05) is 14.2 Å². The molecule has 0 radical (unpaired) electrons. The molecule has 1 aromatic rings. The molecule has 0 aliphatic heterocycles. The van der Waals surface area contributed by atoms with Crippen molar-refractivity contribution in [1.29, 1.82) is 0 Å². The molecule has 78 valence electrons. The number of aliphatic hydroxyl groups excluding tert-OH is 1. The first-order valence-corrected chi connectivity index (χ1v) is 4.54. The number of rotatable bonds is 4. The van der Waals surface area contributed by atoms with Crippen molar-refractivity contribution in [3.8, 4) is 5.75 Å². The molecule has 0 spiro atoms. The molecule has 0 amide bonds. The van der Waals surface area contributed by atoms with Crippen LogP contribution in [-0.4, -0.2) is 25.4 Å². The van der Waals surface area contributed by atoms with Crippen LogP contribution in [0.3, 0.4) is 0 Å². The molecule has 0 saturated heterocycles. The zero-order chi connectivity index (χ0) is 10.6. The highest BCUT2D eigenvalue weighted by atomic mass is 16.5. The van der Waals surface area contributed by atoms with Gasteiger partial charge in [-0.2, -0.15) is 0 Å². The van der Waals surface area contributed by atoms with Gasteiger partial charge in [0.1, 0.15) is 11.9 Å². The van der Waals surface area contributed by atoms with E-state index in [1.165, 1.54) is 0 Å². The summed E-state index contributed by atoms with van der Waals surface area (Å²) in [5.74, 6) is 0.800. The third-order valence-electron chi connectivity index (χ3n) is 2.14.